The molecule has 1 aliphatic carbocycles. The summed E-state index contributed by atoms with van der Waals surface area (Å²) in [6.07, 6.45) is 3.21. The second-order valence-corrected chi connectivity index (χ2v) is 5.90. The van der Waals surface area contributed by atoms with Gasteiger partial charge >= 0.3 is 0 Å². The number of amides is 1. The molecule has 2 rings (SSSR count). The molecule has 3 N–H and O–H groups in total. The molecule has 1 amide bonds. The minimum Gasteiger partial charge on any atom is -0.351 e. The summed E-state index contributed by atoms with van der Waals surface area (Å²) >= 11 is 0. The van der Waals surface area contributed by atoms with Crippen LogP contribution in [-0.4, -0.2) is 19.0 Å². The van der Waals surface area contributed by atoms with Gasteiger partial charge in [0.05, 0.1) is 0 Å². The van der Waals surface area contributed by atoms with Gasteiger partial charge in [-0.1, -0.05) is 32.0 Å². The molecule has 104 valence electrons. The third-order valence-corrected chi connectivity index (χ3v) is 4.39. The fourth-order valence-electron chi connectivity index (χ4n) is 2.59. The van der Waals surface area contributed by atoms with Crippen LogP contribution in [0.3, 0.4) is 0 Å². The number of hydrogen-bond acceptors (Lipinski definition) is 2. The quantitative estimate of drug-likeness (QED) is 0.825. The van der Waals surface area contributed by atoms with Crippen molar-refractivity contribution in [1.29, 1.82) is 0 Å². The van der Waals surface area contributed by atoms with E-state index >= 15 is 0 Å². The molecule has 1 fully saturated rings. The molecule has 1 aromatic carbocycles. The van der Waals surface area contributed by atoms with E-state index in [1.54, 1.807) is 0 Å². The topological polar surface area (TPSA) is 55.1 Å². The monoisotopic (exact) mass is 260 g/mol. The van der Waals surface area contributed by atoms with Crippen LogP contribution in [0.4, 0.5) is 0 Å². The van der Waals surface area contributed by atoms with Crippen LogP contribution >= 0.6 is 0 Å². The summed E-state index contributed by atoms with van der Waals surface area (Å²) < 4.78 is 0. The maximum Gasteiger partial charge on any atom is 0.251 e. The average Bonchev–Trinajstić information content (AvgIpc) is 3.18. The summed E-state index contributed by atoms with van der Waals surface area (Å²) in [5, 5.41) is 3.10. The van der Waals surface area contributed by atoms with E-state index in [9.17, 15) is 4.79 Å². The van der Waals surface area contributed by atoms with E-state index in [0.29, 0.717) is 17.9 Å². The Balaban J connectivity index is 2.00. The van der Waals surface area contributed by atoms with Crippen LogP contribution in [-0.2, 0) is 6.42 Å². The minimum atomic E-state index is 0.0379. The lowest BCUT2D eigenvalue weighted by Gasteiger charge is -2.20. The molecule has 0 aromatic heterocycles. The van der Waals surface area contributed by atoms with Crippen LogP contribution in [0, 0.1) is 11.3 Å². The van der Waals surface area contributed by atoms with Gasteiger partial charge in [-0.2, -0.15) is 0 Å². The number of rotatable bonds is 6. The molecule has 0 radical (unpaired) electrons. The molecule has 0 bridgehead atoms. The number of carbonyl (C=O) groups excluding carboxylic acids is 1. The standard InChI is InChI=1S/C16H24N2O/c1-12(2)16(8-9-16)11-18-15(19)14-6-4-3-5-13(14)7-10-17/h3-6,12H,7-11,17H2,1-2H3,(H,18,19). The summed E-state index contributed by atoms with van der Waals surface area (Å²) in [5.41, 5.74) is 7.75. The largest absolute Gasteiger partial charge is 0.351 e. The van der Waals surface area contributed by atoms with Crippen molar-refractivity contribution in [3.8, 4) is 0 Å². The first-order valence-electron chi connectivity index (χ1n) is 7.15. The fraction of sp³-hybridized carbons (Fsp3) is 0.562. The van der Waals surface area contributed by atoms with E-state index in [0.717, 1.165) is 24.1 Å². The number of nitrogens with one attached hydrogen (secondary N) is 1. The average molecular weight is 260 g/mol. The van der Waals surface area contributed by atoms with E-state index in [1.807, 2.05) is 24.3 Å². The highest BCUT2D eigenvalue weighted by Crippen LogP contribution is 2.51. The molecule has 0 heterocycles. The smallest absolute Gasteiger partial charge is 0.251 e. The summed E-state index contributed by atoms with van der Waals surface area (Å²) in [4.78, 5) is 12.3. The molecule has 0 aliphatic heterocycles. The SMILES string of the molecule is CC(C)C1(CNC(=O)c2ccccc2CCN)CC1. The van der Waals surface area contributed by atoms with E-state index in [1.165, 1.54) is 12.8 Å². The van der Waals surface area contributed by atoms with Crippen LogP contribution < -0.4 is 11.1 Å². The highest BCUT2D eigenvalue weighted by molar-refractivity contribution is 5.95. The third kappa shape index (κ3) is 3.16. The number of carbonyl (C=O) groups is 1. The van der Waals surface area contributed by atoms with Crippen LogP contribution in [0.25, 0.3) is 0 Å². The van der Waals surface area contributed by atoms with Crippen molar-refractivity contribution in [1.82, 2.24) is 5.32 Å². The number of benzene rings is 1. The Bertz CT molecular complexity index is 450. The van der Waals surface area contributed by atoms with Gasteiger partial charge in [0.15, 0.2) is 0 Å². The van der Waals surface area contributed by atoms with Gasteiger partial charge < -0.3 is 11.1 Å². The molecule has 1 aliphatic rings. The molecule has 1 aromatic rings. The number of hydrogen-bond donors (Lipinski definition) is 2. The Morgan fingerprint density at radius 2 is 2.05 bits per heavy atom. The summed E-state index contributed by atoms with van der Waals surface area (Å²) in [6, 6.07) is 7.73. The summed E-state index contributed by atoms with van der Waals surface area (Å²) in [5.74, 6) is 0.670. The lowest BCUT2D eigenvalue weighted by Crippen LogP contribution is -2.33. The molecule has 0 unspecified atom stereocenters. The molecule has 19 heavy (non-hydrogen) atoms. The van der Waals surface area contributed by atoms with Gasteiger partial charge in [0.1, 0.15) is 0 Å². The zero-order chi connectivity index (χ0) is 13.9. The van der Waals surface area contributed by atoms with Crippen molar-refractivity contribution in [3.63, 3.8) is 0 Å². The highest BCUT2D eigenvalue weighted by Gasteiger charge is 2.45. The Labute approximate surface area is 115 Å². The van der Waals surface area contributed by atoms with Crippen molar-refractivity contribution < 1.29 is 4.79 Å². The van der Waals surface area contributed by atoms with E-state index in [-0.39, 0.29) is 5.91 Å². The zero-order valence-electron chi connectivity index (χ0n) is 11.9. The van der Waals surface area contributed by atoms with Crippen LogP contribution in [0.15, 0.2) is 24.3 Å². The lowest BCUT2D eigenvalue weighted by atomic mass is 9.92. The van der Waals surface area contributed by atoms with E-state index in [4.69, 9.17) is 5.73 Å². The minimum absolute atomic E-state index is 0.0379. The van der Waals surface area contributed by atoms with E-state index < -0.39 is 0 Å². The van der Waals surface area contributed by atoms with Gasteiger partial charge in [-0.15, -0.1) is 0 Å². The molecular formula is C16H24N2O. The fourth-order valence-corrected chi connectivity index (χ4v) is 2.59. The summed E-state index contributed by atoms with van der Waals surface area (Å²) in [6.45, 7) is 5.84. The van der Waals surface area contributed by atoms with E-state index in [2.05, 4.69) is 19.2 Å². The molecule has 0 atom stereocenters. The van der Waals surface area contributed by atoms with Crippen molar-refractivity contribution in [3.05, 3.63) is 35.4 Å². The van der Waals surface area contributed by atoms with Crippen molar-refractivity contribution >= 4 is 5.91 Å². The molecular weight excluding hydrogens is 236 g/mol. The van der Waals surface area contributed by atoms with Crippen molar-refractivity contribution in [2.45, 2.75) is 33.1 Å². The second-order valence-electron chi connectivity index (χ2n) is 5.90. The van der Waals surface area contributed by atoms with Gasteiger partial charge in [-0.05, 0) is 48.8 Å². The maximum atomic E-state index is 12.3. The van der Waals surface area contributed by atoms with Gasteiger partial charge in [-0.25, -0.2) is 0 Å². The van der Waals surface area contributed by atoms with Crippen LogP contribution in [0.1, 0.15) is 42.6 Å². The second kappa shape index (κ2) is 5.74. The van der Waals surface area contributed by atoms with Crippen molar-refractivity contribution in [2.24, 2.45) is 17.1 Å². The predicted octanol–water partition coefficient (Wildman–Crippen LogP) is 2.35. The molecule has 0 spiro atoms. The summed E-state index contributed by atoms with van der Waals surface area (Å²) in [7, 11) is 0. The maximum absolute atomic E-state index is 12.3. The van der Waals surface area contributed by atoms with Gasteiger partial charge in [-0.3, -0.25) is 4.79 Å². The first-order chi connectivity index (χ1) is 9.09. The Morgan fingerprint density at radius 3 is 2.63 bits per heavy atom. The van der Waals surface area contributed by atoms with Crippen LogP contribution in [0.5, 0.6) is 0 Å². The predicted molar refractivity (Wildman–Crippen MR) is 78.0 cm³/mol. The third-order valence-electron chi connectivity index (χ3n) is 4.39. The highest BCUT2D eigenvalue weighted by atomic mass is 16.1. The first kappa shape index (κ1) is 14.1. The Hall–Kier alpha value is -1.35. The normalized spacial score (nSPS) is 16.4. The molecule has 0 saturated heterocycles. The van der Waals surface area contributed by atoms with Crippen molar-refractivity contribution in [2.75, 3.05) is 13.1 Å². The first-order valence-corrected chi connectivity index (χ1v) is 7.15. The Morgan fingerprint density at radius 1 is 1.37 bits per heavy atom. The number of nitrogens with two attached hydrogens (primary N) is 1. The zero-order valence-corrected chi connectivity index (χ0v) is 11.9. The molecule has 3 heteroatoms. The molecule has 3 nitrogen and oxygen atoms in total. The van der Waals surface area contributed by atoms with Gasteiger partial charge in [0.25, 0.3) is 5.91 Å². The van der Waals surface area contributed by atoms with Gasteiger partial charge in [0.2, 0.25) is 0 Å². The molecule has 1 saturated carbocycles. The van der Waals surface area contributed by atoms with Gasteiger partial charge in [0, 0.05) is 12.1 Å². The lowest BCUT2D eigenvalue weighted by molar-refractivity contribution is 0.0939. The Kier molecular flexibility index (Phi) is 4.25. The van der Waals surface area contributed by atoms with Crippen LogP contribution in [0.2, 0.25) is 0 Å².